The Hall–Kier alpha value is -2.12. The standard InChI is InChI=1S/C17H21N3O/c1-2-3-10-21-11-6-9-19-17-15(13-18)12-14-7-4-5-8-16(14)20-17/h4-5,7-8,12H,2-3,6,9-11H2,1H3,(H,19,20). The number of anilines is 1. The minimum absolute atomic E-state index is 0.584. The predicted molar refractivity (Wildman–Crippen MR) is 85.3 cm³/mol. The summed E-state index contributed by atoms with van der Waals surface area (Å²) in [5.41, 5.74) is 1.48. The summed E-state index contributed by atoms with van der Waals surface area (Å²) in [6.45, 7) is 4.47. The summed E-state index contributed by atoms with van der Waals surface area (Å²) in [5, 5.41) is 13.4. The number of nitrogens with zero attached hydrogens (tertiary/aromatic N) is 2. The Kier molecular flexibility index (Phi) is 5.99. The van der Waals surface area contributed by atoms with Crippen molar-refractivity contribution >= 4 is 16.7 Å². The van der Waals surface area contributed by atoms with Gasteiger partial charge in [-0.1, -0.05) is 31.5 Å². The lowest BCUT2D eigenvalue weighted by Gasteiger charge is -2.09. The van der Waals surface area contributed by atoms with E-state index >= 15 is 0 Å². The van der Waals surface area contributed by atoms with Crippen molar-refractivity contribution in [2.24, 2.45) is 0 Å². The van der Waals surface area contributed by atoms with Crippen LogP contribution in [0.5, 0.6) is 0 Å². The van der Waals surface area contributed by atoms with Crippen molar-refractivity contribution in [3.63, 3.8) is 0 Å². The number of unbranched alkanes of at least 4 members (excludes halogenated alkanes) is 1. The molecule has 0 amide bonds. The van der Waals surface area contributed by atoms with Gasteiger partial charge in [0.2, 0.25) is 0 Å². The van der Waals surface area contributed by atoms with Gasteiger partial charge in [0.1, 0.15) is 11.9 Å². The molecular formula is C17H21N3O. The number of para-hydroxylation sites is 1. The summed E-state index contributed by atoms with van der Waals surface area (Å²) >= 11 is 0. The summed E-state index contributed by atoms with van der Waals surface area (Å²) in [5.74, 6) is 0.657. The van der Waals surface area contributed by atoms with E-state index in [1.807, 2.05) is 30.3 Å². The number of hydrogen-bond donors (Lipinski definition) is 1. The van der Waals surface area contributed by atoms with E-state index in [1.54, 1.807) is 0 Å². The molecule has 0 unspecified atom stereocenters. The van der Waals surface area contributed by atoms with E-state index < -0.39 is 0 Å². The normalized spacial score (nSPS) is 10.5. The zero-order chi connectivity index (χ0) is 14.9. The molecule has 2 aromatic rings. The zero-order valence-electron chi connectivity index (χ0n) is 12.4. The van der Waals surface area contributed by atoms with E-state index in [0.29, 0.717) is 11.4 Å². The van der Waals surface area contributed by atoms with Gasteiger partial charge in [-0.3, -0.25) is 0 Å². The number of aromatic nitrogens is 1. The lowest BCUT2D eigenvalue weighted by molar-refractivity contribution is 0.131. The van der Waals surface area contributed by atoms with Crippen molar-refractivity contribution in [3.05, 3.63) is 35.9 Å². The molecule has 4 heteroatoms. The second-order valence-electron chi connectivity index (χ2n) is 4.94. The average molecular weight is 283 g/mol. The summed E-state index contributed by atoms with van der Waals surface area (Å²) < 4.78 is 5.51. The molecule has 1 heterocycles. The van der Waals surface area contributed by atoms with Crippen molar-refractivity contribution < 1.29 is 4.74 Å². The number of ether oxygens (including phenoxy) is 1. The lowest BCUT2D eigenvalue weighted by Crippen LogP contribution is -2.08. The van der Waals surface area contributed by atoms with Crippen molar-refractivity contribution in [1.29, 1.82) is 5.26 Å². The third-order valence-electron chi connectivity index (χ3n) is 3.24. The zero-order valence-corrected chi connectivity index (χ0v) is 12.4. The maximum atomic E-state index is 9.22. The van der Waals surface area contributed by atoms with Gasteiger partial charge in [-0.25, -0.2) is 4.98 Å². The van der Waals surface area contributed by atoms with Gasteiger partial charge in [-0.2, -0.15) is 5.26 Å². The summed E-state index contributed by atoms with van der Waals surface area (Å²) in [6.07, 6.45) is 3.17. The van der Waals surface area contributed by atoms with Gasteiger partial charge in [0, 0.05) is 25.1 Å². The molecule has 0 fully saturated rings. The van der Waals surface area contributed by atoms with Gasteiger partial charge >= 0.3 is 0 Å². The fourth-order valence-corrected chi connectivity index (χ4v) is 2.07. The molecule has 2 rings (SSSR count). The van der Waals surface area contributed by atoms with Crippen LogP contribution in [0.4, 0.5) is 5.82 Å². The van der Waals surface area contributed by atoms with Gasteiger partial charge in [-0.05, 0) is 25.0 Å². The van der Waals surface area contributed by atoms with Crippen molar-refractivity contribution in [1.82, 2.24) is 4.98 Å². The van der Waals surface area contributed by atoms with Gasteiger partial charge in [0.15, 0.2) is 0 Å². The van der Waals surface area contributed by atoms with Crippen LogP contribution < -0.4 is 5.32 Å². The monoisotopic (exact) mass is 283 g/mol. The molecular weight excluding hydrogens is 262 g/mol. The molecule has 21 heavy (non-hydrogen) atoms. The molecule has 0 atom stereocenters. The molecule has 0 saturated heterocycles. The summed E-state index contributed by atoms with van der Waals surface area (Å²) in [4.78, 5) is 4.52. The van der Waals surface area contributed by atoms with E-state index in [9.17, 15) is 5.26 Å². The second-order valence-corrected chi connectivity index (χ2v) is 4.94. The first-order valence-corrected chi connectivity index (χ1v) is 7.46. The number of fused-ring (bicyclic) bond motifs is 1. The highest BCUT2D eigenvalue weighted by Gasteiger charge is 2.05. The molecule has 0 bridgehead atoms. The van der Waals surface area contributed by atoms with Crippen LogP contribution in [0.25, 0.3) is 10.9 Å². The highest BCUT2D eigenvalue weighted by Crippen LogP contribution is 2.19. The van der Waals surface area contributed by atoms with E-state index in [1.165, 1.54) is 0 Å². The first kappa shape index (κ1) is 15.3. The number of hydrogen-bond acceptors (Lipinski definition) is 4. The largest absolute Gasteiger partial charge is 0.381 e. The molecule has 1 aromatic carbocycles. The summed E-state index contributed by atoms with van der Waals surface area (Å²) in [7, 11) is 0. The van der Waals surface area contributed by atoms with Crippen LogP contribution in [-0.4, -0.2) is 24.7 Å². The molecule has 110 valence electrons. The third-order valence-corrected chi connectivity index (χ3v) is 3.24. The number of rotatable bonds is 8. The van der Waals surface area contributed by atoms with E-state index in [4.69, 9.17) is 4.74 Å². The van der Waals surface area contributed by atoms with Crippen LogP contribution in [0, 0.1) is 11.3 Å². The van der Waals surface area contributed by atoms with Crippen LogP contribution in [0.1, 0.15) is 31.7 Å². The first-order valence-electron chi connectivity index (χ1n) is 7.46. The maximum Gasteiger partial charge on any atom is 0.144 e. The molecule has 1 aromatic heterocycles. The third kappa shape index (κ3) is 4.44. The quantitative estimate of drug-likeness (QED) is 0.750. The molecule has 0 aliphatic rings. The Morgan fingerprint density at radius 3 is 2.86 bits per heavy atom. The number of pyridine rings is 1. The minimum Gasteiger partial charge on any atom is -0.381 e. The smallest absolute Gasteiger partial charge is 0.144 e. The van der Waals surface area contributed by atoms with Crippen LogP contribution in [-0.2, 0) is 4.74 Å². The Balaban J connectivity index is 1.90. The highest BCUT2D eigenvalue weighted by molar-refractivity contribution is 5.82. The average Bonchev–Trinajstić information content (AvgIpc) is 2.53. The second kappa shape index (κ2) is 8.23. The van der Waals surface area contributed by atoms with Crippen molar-refractivity contribution in [3.8, 4) is 6.07 Å². The lowest BCUT2D eigenvalue weighted by atomic mass is 10.1. The van der Waals surface area contributed by atoms with Crippen molar-refractivity contribution in [2.45, 2.75) is 26.2 Å². The number of benzene rings is 1. The molecule has 0 radical (unpaired) electrons. The maximum absolute atomic E-state index is 9.22. The highest BCUT2D eigenvalue weighted by atomic mass is 16.5. The van der Waals surface area contributed by atoms with Crippen molar-refractivity contribution in [2.75, 3.05) is 25.1 Å². The molecule has 0 spiro atoms. The van der Waals surface area contributed by atoms with Gasteiger partial charge in [0.05, 0.1) is 11.1 Å². The SMILES string of the molecule is CCCCOCCCNc1nc2ccccc2cc1C#N. The van der Waals surface area contributed by atoms with Gasteiger partial charge < -0.3 is 10.1 Å². The number of nitrogens with one attached hydrogen (secondary N) is 1. The predicted octanol–water partition coefficient (Wildman–Crippen LogP) is 3.73. The Bertz CT molecular complexity index is 619. The van der Waals surface area contributed by atoms with Crippen LogP contribution in [0.15, 0.2) is 30.3 Å². The van der Waals surface area contributed by atoms with E-state index in [-0.39, 0.29) is 0 Å². The van der Waals surface area contributed by atoms with E-state index in [0.717, 1.165) is 49.9 Å². The fourth-order valence-electron chi connectivity index (χ4n) is 2.07. The molecule has 0 aliphatic carbocycles. The van der Waals surface area contributed by atoms with Crippen LogP contribution in [0.2, 0.25) is 0 Å². The Morgan fingerprint density at radius 1 is 1.24 bits per heavy atom. The minimum atomic E-state index is 0.584. The molecule has 0 aliphatic heterocycles. The first-order chi connectivity index (χ1) is 10.3. The molecule has 4 nitrogen and oxygen atoms in total. The Labute approximate surface area is 125 Å². The van der Waals surface area contributed by atoms with E-state index in [2.05, 4.69) is 23.3 Å². The van der Waals surface area contributed by atoms with Gasteiger partial charge in [0.25, 0.3) is 0 Å². The fraction of sp³-hybridized carbons (Fsp3) is 0.412. The number of nitriles is 1. The summed E-state index contributed by atoms with van der Waals surface area (Å²) in [6, 6.07) is 11.9. The topological polar surface area (TPSA) is 57.9 Å². The van der Waals surface area contributed by atoms with Crippen LogP contribution >= 0.6 is 0 Å². The van der Waals surface area contributed by atoms with Gasteiger partial charge in [-0.15, -0.1) is 0 Å². The van der Waals surface area contributed by atoms with Crippen LogP contribution in [0.3, 0.4) is 0 Å². The molecule has 0 saturated carbocycles. The Morgan fingerprint density at radius 2 is 2.05 bits per heavy atom. The molecule has 1 N–H and O–H groups in total.